The van der Waals surface area contributed by atoms with Crippen molar-refractivity contribution >= 4 is 11.7 Å². The zero-order valence-electron chi connectivity index (χ0n) is 23.8. The number of hydrogen-bond acceptors (Lipinski definition) is 3. The molecule has 3 aliphatic carbocycles. The standard InChI is InChI=1S/C33H39F3N2O3/c1-4-17-38(20-21(2)3)18-16-31-24-13-8-14-26(31)41-32(15-9-12-23(29(31)32)19-25(24)38)37-30(40)27(33(34,35)36)28(39)22-10-6-5-7-11-22/h4-7,9-12,15,21,24-26,29H,1,8,13-14,16-20H2,2-3H3,(H-,37,39,40)/p+1/t24-,25+,26-,29?,31+,32?,38?/m0/s1. The molecule has 5 nitrogen and oxygen atoms in total. The Morgan fingerprint density at radius 3 is 2.71 bits per heavy atom. The van der Waals surface area contributed by atoms with Gasteiger partial charge >= 0.3 is 6.18 Å². The van der Waals surface area contributed by atoms with Gasteiger partial charge in [-0.2, -0.15) is 13.2 Å². The molecule has 1 amide bonds. The highest BCUT2D eigenvalue weighted by Gasteiger charge is 2.75. The van der Waals surface area contributed by atoms with E-state index in [9.17, 15) is 23.1 Å². The molecule has 4 fully saturated rings. The van der Waals surface area contributed by atoms with Gasteiger partial charge in [0.15, 0.2) is 11.3 Å². The minimum Gasteiger partial charge on any atom is -0.506 e. The summed E-state index contributed by atoms with van der Waals surface area (Å²) in [6.45, 7) is 11.6. The number of hydrogen-bond donors (Lipinski definition) is 2. The van der Waals surface area contributed by atoms with Crippen LogP contribution in [0.1, 0.15) is 51.5 Å². The van der Waals surface area contributed by atoms with Crippen LogP contribution in [-0.2, 0) is 9.53 Å². The first-order valence-electron chi connectivity index (χ1n) is 14.9. The van der Waals surface area contributed by atoms with E-state index in [1.54, 1.807) is 12.1 Å². The molecule has 6 rings (SSSR count). The second-order valence-electron chi connectivity index (χ2n) is 13.1. The first kappa shape index (κ1) is 28.3. The van der Waals surface area contributed by atoms with Gasteiger partial charge < -0.3 is 19.6 Å². The molecule has 0 aromatic heterocycles. The van der Waals surface area contributed by atoms with Crippen molar-refractivity contribution < 1.29 is 32.3 Å². The van der Waals surface area contributed by atoms with Crippen molar-refractivity contribution in [2.75, 3.05) is 19.6 Å². The molecule has 1 aromatic rings. The molecule has 5 aliphatic rings. The smallest absolute Gasteiger partial charge is 0.425 e. The number of likely N-dealkylation sites (tertiary alicyclic amines) is 1. The fourth-order valence-electron chi connectivity index (χ4n) is 9.51. The van der Waals surface area contributed by atoms with Crippen LogP contribution in [0.2, 0.25) is 0 Å². The topological polar surface area (TPSA) is 58.6 Å². The van der Waals surface area contributed by atoms with Crippen molar-refractivity contribution in [3.8, 4) is 0 Å². The molecular weight excluding hydrogens is 529 g/mol. The van der Waals surface area contributed by atoms with Gasteiger partial charge in [-0.25, -0.2) is 0 Å². The van der Waals surface area contributed by atoms with Gasteiger partial charge in [-0.1, -0.05) is 74.9 Å². The number of halogens is 3. The number of carbonyl (C=O) groups is 1. The van der Waals surface area contributed by atoms with Crippen LogP contribution in [0.15, 0.2) is 72.4 Å². The number of nitrogens with zero attached hydrogens (tertiary/aromatic N) is 1. The number of piperidine rings is 1. The predicted molar refractivity (Wildman–Crippen MR) is 151 cm³/mol. The largest absolute Gasteiger partial charge is 0.506 e. The molecule has 220 valence electrons. The second kappa shape index (κ2) is 9.87. The van der Waals surface area contributed by atoms with Crippen molar-refractivity contribution in [2.24, 2.45) is 23.2 Å². The molecule has 41 heavy (non-hydrogen) atoms. The summed E-state index contributed by atoms with van der Waals surface area (Å²) in [5.41, 5.74) is -2.17. The number of quaternary nitrogens is 1. The minimum atomic E-state index is -5.06. The van der Waals surface area contributed by atoms with Crippen LogP contribution in [0.25, 0.3) is 5.76 Å². The molecular formula is C33H40F3N2O3+. The number of aliphatic hydroxyl groups excluding tert-OH is 1. The zero-order valence-corrected chi connectivity index (χ0v) is 23.8. The molecule has 2 N–H and O–H groups in total. The average Bonchev–Trinajstić information content (AvgIpc) is 3.19. The van der Waals surface area contributed by atoms with Crippen LogP contribution < -0.4 is 5.32 Å². The lowest BCUT2D eigenvalue weighted by Gasteiger charge is -2.65. The first-order valence-corrected chi connectivity index (χ1v) is 14.9. The third-order valence-electron chi connectivity index (χ3n) is 10.5. The van der Waals surface area contributed by atoms with Crippen LogP contribution >= 0.6 is 0 Å². The van der Waals surface area contributed by atoms with Gasteiger partial charge in [0.25, 0.3) is 5.91 Å². The van der Waals surface area contributed by atoms with Crippen LogP contribution in [0.4, 0.5) is 13.2 Å². The summed E-state index contributed by atoms with van der Waals surface area (Å²) in [5.74, 6) is -1.84. The highest BCUT2D eigenvalue weighted by atomic mass is 19.4. The Morgan fingerprint density at radius 2 is 2.02 bits per heavy atom. The summed E-state index contributed by atoms with van der Waals surface area (Å²) in [7, 11) is 0. The lowest BCUT2D eigenvalue weighted by Crippen LogP contribution is -2.73. The number of amides is 1. The molecule has 2 aliphatic heterocycles. The lowest BCUT2D eigenvalue weighted by molar-refractivity contribution is -0.961. The van der Waals surface area contributed by atoms with Gasteiger partial charge in [0.1, 0.15) is 5.76 Å². The summed E-state index contributed by atoms with van der Waals surface area (Å²) in [4.78, 5) is 13.6. The maximum absolute atomic E-state index is 14.4. The van der Waals surface area contributed by atoms with Crippen LogP contribution in [-0.4, -0.2) is 59.2 Å². The number of aliphatic hydroxyl groups is 1. The Kier molecular flexibility index (Phi) is 6.81. The number of allylic oxidation sites excluding steroid dienone is 2. The highest BCUT2D eigenvalue weighted by molar-refractivity contribution is 6.01. The second-order valence-corrected chi connectivity index (χ2v) is 13.1. The van der Waals surface area contributed by atoms with Crippen molar-refractivity contribution in [2.45, 2.75) is 70.0 Å². The van der Waals surface area contributed by atoms with Gasteiger partial charge in [0.2, 0.25) is 0 Å². The third-order valence-corrected chi connectivity index (χ3v) is 10.5. The van der Waals surface area contributed by atoms with E-state index >= 15 is 0 Å². The monoisotopic (exact) mass is 569 g/mol. The van der Waals surface area contributed by atoms with Crippen LogP contribution in [0.5, 0.6) is 0 Å². The molecule has 2 bridgehead atoms. The number of rotatable bonds is 7. The molecule has 8 heteroatoms. The zero-order chi connectivity index (χ0) is 29.2. The Balaban J connectivity index is 1.41. The van der Waals surface area contributed by atoms with Gasteiger partial charge in [-0.3, -0.25) is 4.79 Å². The van der Waals surface area contributed by atoms with E-state index < -0.39 is 29.1 Å². The van der Waals surface area contributed by atoms with E-state index in [0.717, 1.165) is 61.8 Å². The fraction of sp³-hybridized carbons (Fsp3) is 0.545. The molecule has 2 saturated carbocycles. The minimum absolute atomic E-state index is 0.0684. The summed E-state index contributed by atoms with van der Waals surface area (Å²) in [5, 5.41) is 13.4. The summed E-state index contributed by atoms with van der Waals surface area (Å²) in [6.07, 6.45) is 7.08. The van der Waals surface area contributed by atoms with Crippen molar-refractivity contribution in [1.82, 2.24) is 5.32 Å². The summed E-state index contributed by atoms with van der Waals surface area (Å²) in [6, 6.07) is 7.76. The van der Waals surface area contributed by atoms with Gasteiger partial charge in [0, 0.05) is 41.6 Å². The average molecular weight is 570 g/mol. The van der Waals surface area contributed by atoms with E-state index in [2.05, 4.69) is 31.8 Å². The Hall–Kier alpha value is -2.84. The predicted octanol–water partition coefficient (Wildman–Crippen LogP) is 6.46. The van der Waals surface area contributed by atoms with Crippen molar-refractivity contribution in [1.29, 1.82) is 0 Å². The van der Waals surface area contributed by atoms with Gasteiger partial charge in [0.05, 0.1) is 31.8 Å². The van der Waals surface area contributed by atoms with E-state index in [0.29, 0.717) is 17.9 Å². The maximum atomic E-state index is 14.4. The lowest BCUT2D eigenvalue weighted by atomic mass is 9.46. The van der Waals surface area contributed by atoms with Crippen molar-refractivity contribution in [3.05, 3.63) is 77.9 Å². The quantitative estimate of drug-likeness (QED) is 0.171. The van der Waals surface area contributed by atoms with Crippen LogP contribution in [0, 0.1) is 23.2 Å². The number of nitrogens with one attached hydrogen (secondary N) is 1. The van der Waals surface area contributed by atoms with E-state index in [-0.39, 0.29) is 23.0 Å². The third kappa shape index (κ3) is 4.23. The Bertz CT molecular complexity index is 1320. The Morgan fingerprint density at radius 1 is 1.27 bits per heavy atom. The molecule has 0 radical (unpaired) electrons. The highest BCUT2D eigenvalue weighted by Crippen LogP contribution is 2.70. The molecule has 1 aromatic carbocycles. The van der Waals surface area contributed by atoms with Crippen LogP contribution in [0.3, 0.4) is 0 Å². The number of benzene rings is 1. The van der Waals surface area contributed by atoms with E-state index in [1.165, 1.54) is 24.3 Å². The molecule has 2 saturated heterocycles. The first-order chi connectivity index (χ1) is 19.5. The number of alkyl halides is 3. The normalized spacial score (nSPS) is 37.7. The summed E-state index contributed by atoms with van der Waals surface area (Å²) < 4.78 is 50.8. The van der Waals surface area contributed by atoms with Crippen molar-refractivity contribution in [3.63, 3.8) is 0 Å². The summed E-state index contributed by atoms with van der Waals surface area (Å²) >= 11 is 0. The maximum Gasteiger partial charge on any atom is 0.425 e. The SMILES string of the molecule is C=CC[N+]1(CC(C)C)CC[C@]23C4C5=CC=CC4(NC(=O)C(=C(O)c4ccccc4)C(F)(F)F)O[C@H]2CCC[C@H]3[C@H]1C5. The molecule has 2 heterocycles. The van der Waals surface area contributed by atoms with Gasteiger partial charge in [-0.05, 0) is 25.0 Å². The molecule has 7 atom stereocenters. The van der Waals surface area contributed by atoms with Gasteiger partial charge in [-0.15, -0.1) is 0 Å². The fourth-order valence-corrected chi connectivity index (χ4v) is 9.51. The number of carbonyl (C=O) groups excluding carboxylic acids is 1. The molecule has 3 unspecified atom stereocenters. The number of ether oxygens (including phenoxy) is 1. The van der Waals surface area contributed by atoms with E-state index in [4.69, 9.17) is 4.74 Å². The molecule has 1 spiro atoms. The van der Waals surface area contributed by atoms with E-state index in [1.807, 2.05) is 12.2 Å². The Labute approximate surface area is 240 Å².